The van der Waals surface area contributed by atoms with E-state index in [-0.39, 0.29) is 6.79 Å². The first kappa shape index (κ1) is 10.1. The molecule has 1 saturated carbocycles. The molecule has 5 heteroatoms. The molecule has 1 aromatic carbocycles. The molecule has 1 heterocycles. The zero-order chi connectivity index (χ0) is 11.3. The summed E-state index contributed by atoms with van der Waals surface area (Å²) in [6.07, 6.45) is 1.44. The molecule has 3 rings (SSSR count). The normalized spacial score (nSPS) is 19.7. The predicted molar refractivity (Wildman–Crippen MR) is 57.3 cm³/mol. The Balaban J connectivity index is 2.21. The van der Waals surface area contributed by atoms with Crippen molar-refractivity contribution in [1.82, 2.24) is 0 Å². The molecule has 1 aromatic rings. The largest absolute Gasteiger partial charge is 0.495 e. The van der Waals surface area contributed by atoms with Crippen LogP contribution in [0.2, 0.25) is 5.02 Å². The van der Waals surface area contributed by atoms with E-state index in [1.165, 1.54) is 7.11 Å². The van der Waals surface area contributed by atoms with E-state index in [1.807, 2.05) is 0 Å². The molecular weight excluding hydrogens is 232 g/mol. The number of benzene rings is 1. The summed E-state index contributed by atoms with van der Waals surface area (Å²) in [6.45, 7) is 0.153. The Labute approximate surface area is 97.7 Å². The second-order valence-corrected chi connectivity index (χ2v) is 4.41. The lowest BCUT2D eigenvalue weighted by molar-refractivity contribution is 0.147. The highest BCUT2D eigenvalue weighted by molar-refractivity contribution is 6.34. The van der Waals surface area contributed by atoms with E-state index >= 15 is 0 Å². The van der Waals surface area contributed by atoms with E-state index in [0.717, 1.165) is 12.8 Å². The fourth-order valence-electron chi connectivity index (χ4n) is 1.92. The van der Waals surface area contributed by atoms with E-state index in [9.17, 15) is 5.11 Å². The maximum Gasteiger partial charge on any atom is 0.231 e. The van der Waals surface area contributed by atoms with Crippen molar-refractivity contribution in [2.24, 2.45) is 0 Å². The fraction of sp³-hybridized carbons (Fsp3) is 0.455. The van der Waals surface area contributed by atoms with Gasteiger partial charge in [0.15, 0.2) is 11.5 Å². The third kappa shape index (κ3) is 1.26. The first-order valence-corrected chi connectivity index (χ1v) is 5.42. The summed E-state index contributed by atoms with van der Waals surface area (Å²) in [4.78, 5) is 0. The maximum atomic E-state index is 10.1. The maximum absolute atomic E-state index is 10.1. The zero-order valence-corrected chi connectivity index (χ0v) is 9.50. The second-order valence-electron chi connectivity index (χ2n) is 4.04. The molecule has 86 valence electrons. The van der Waals surface area contributed by atoms with E-state index in [4.69, 9.17) is 25.8 Å². The molecule has 1 aliphatic carbocycles. The summed E-state index contributed by atoms with van der Waals surface area (Å²) in [5.41, 5.74) is -0.125. The van der Waals surface area contributed by atoms with Crippen molar-refractivity contribution >= 4 is 11.6 Å². The van der Waals surface area contributed by atoms with Crippen LogP contribution in [-0.4, -0.2) is 19.0 Å². The molecule has 0 saturated heterocycles. The third-order valence-electron chi connectivity index (χ3n) is 2.99. The van der Waals surface area contributed by atoms with Crippen molar-refractivity contribution in [3.63, 3.8) is 0 Å². The van der Waals surface area contributed by atoms with Gasteiger partial charge in [0.05, 0.1) is 12.7 Å². The molecule has 1 aliphatic heterocycles. The zero-order valence-electron chi connectivity index (χ0n) is 8.75. The Morgan fingerprint density at radius 2 is 2.19 bits per heavy atom. The van der Waals surface area contributed by atoms with E-state index in [2.05, 4.69) is 0 Å². The van der Waals surface area contributed by atoms with Crippen molar-refractivity contribution < 1.29 is 19.3 Å². The topological polar surface area (TPSA) is 47.9 Å². The van der Waals surface area contributed by atoms with Gasteiger partial charge in [0.1, 0.15) is 10.8 Å². The van der Waals surface area contributed by atoms with Crippen LogP contribution in [0.3, 0.4) is 0 Å². The van der Waals surface area contributed by atoms with Crippen molar-refractivity contribution in [1.29, 1.82) is 0 Å². The van der Waals surface area contributed by atoms with Crippen LogP contribution in [-0.2, 0) is 5.60 Å². The smallest absolute Gasteiger partial charge is 0.231 e. The van der Waals surface area contributed by atoms with Gasteiger partial charge in [-0.2, -0.15) is 0 Å². The number of halogens is 1. The molecule has 16 heavy (non-hydrogen) atoms. The highest BCUT2D eigenvalue weighted by Gasteiger charge is 2.46. The Morgan fingerprint density at radius 3 is 2.81 bits per heavy atom. The average molecular weight is 243 g/mol. The first-order chi connectivity index (χ1) is 7.65. The SMILES string of the molecule is COc1c(C2(O)CC2)cc2c(c1Cl)OCO2. The number of rotatable bonds is 2. The first-order valence-electron chi connectivity index (χ1n) is 5.05. The Morgan fingerprint density at radius 1 is 1.44 bits per heavy atom. The second kappa shape index (κ2) is 3.18. The molecule has 0 amide bonds. The van der Waals surface area contributed by atoms with Crippen molar-refractivity contribution in [2.45, 2.75) is 18.4 Å². The molecule has 0 spiro atoms. The van der Waals surface area contributed by atoms with Crippen LogP contribution in [0, 0.1) is 0 Å². The van der Waals surface area contributed by atoms with E-state index in [1.54, 1.807) is 6.07 Å². The van der Waals surface area contributed by atoms with Crippen LogP contribution in [0.4, 0.5) is 0 Å². The van der Waals surface area contributed by atoms with Crippen LogP contribution in [0.5, 0.6) is 17.2 Å². The van der Waals surface area contributed by atoms with Gasteiger partial charge in [0.25, 0.3) is 0 Å². The quantitative estimate of drug-likeness (QED) is 0.862. The molecule has 0 unspecified atom stereocenters. The van der Waals surface area contributed by atoms with Crippen LogP contribution in [0.15, 0.2) is 6.07 Å². The van der Waals surface area contributed by atoms with Crippen molar-refractivity contribution in [3.8, 4) is 17.2 Å². The Kier molecular flexibility index (Phi) is 2.00. The number of hydrogen-bond donors (Lipinski definition) is 1. The standard InChI is InChI=1S/C11H11ClO4/c1-14-9-6(11(13)2-3-11)4-7-10(8(9)12)16-5-15-7/h4,13H,2-3,5H2,1H3. The highest BCUT2D eigenvalue weighted by Crippen LogP contribution is 2.55. The van der Waals surface area contributed by atoms with E-state index in [0.29, 0.717) is 27.8 Å². The van der Waals surface area contributed by atoms with Gasteiger partial charge in [-0.1, -0.05) is 11.6 Å². The molecular formula is C11H11ClO4. The molecule has 0 atom stereocenters. The minimum atomic E-state index is -0.810. The van der Waals surface area contributed by atoms with Gasteiger partial charge < -0.3 is 19.3 Å². The molecule has 1 N–H and O–H groups in total. The number of aliphatic hydroxyl groups is 1. The average Bonchev–Trinajstić information content (AvgIpc) is 2.84. The lowest BCUT2D eigenvalue weighted by Crippen LogP contribution is -2.07. The van der Waals surface area contributed by atoms with Gasteiger partial charge in [-0.05, 0) is 18.9 Å². The number of methoxy groups -OCH3 is 1. The van der Waals surface area contributed by atoms with Gasteiger partial charge in [-0.25, -0.2) is 0 Å². The molecule has 0 bridgehead atoms. The number of fused-ring (bicyclic) bond motifs is 1. The van der Waals surface area contributed by atoms with Gasteiger partial charge >= 0.3 is 0 Å². The van der Waals surface area contributed by atoms with Gasteiger partial charge in [0, 0.05) is 5.56 Å². The number of hydrogen-bond acceptors (Lipinski definition) is 4. The lowest BCUT2D eigenvalue weighted by Gasteiger charge is -2.15. The van der Waals surface area contributed by atoms with Crippen LogP contribution >= 0.6 is 11.6 Å². The summed E-state index contributed by atoms with van der Waals surface area (Å²) >= 11 is 6.15. The predicted octanol–water partition coefficient (Wildman–Crippen LogP) is 2.06. The fourth-order valence-corrected chi connectivity index (χ4v) is 2.24. The van der Waals surface area contributed by atoms with Gasteiger partial charge in [0.2, 0.25) is 6.79 Å². The summed E-state index contributed by atoms with van der Waals surface area (Å²) in [7, 11) is 1.53. The Bertz CT molecular complexity index is 454. The lowest BCUT2D eigenvalue weighted by atomic mass is 10.1. The molecule has 1 fully saturated rings. The monoisotopic (exact) mass is 242 g/mol. The van der Waals surface area contributed by atoms with Gasteiger partial charge in [-0.3, -0.25) is 0 Å². The Hall–Kier alpha value is -1.13. The molecule has 0 aromatic heterocycles. The minimum absolute atomic E-state index is 0.153. The van der Waals surface area contributed by atoms with Crippen molar-refractivity contribution in [2.75, 3.05) is 13.9 Å². The summed E-state index contributed by atoms with van der Waals surface area (Å²) in [5, 5.41) is 10.5. The van der Waals surface area contributed by atoms with Gasteiger partial charge in [-0.15, -0.1) is 0 Å². The highest BCUT2D eigenvalue weighted by atomic mass is 35.5. The van der Waals surface area contributed by atoms with Crippen LogP contribution < -0.4 is 14.2 Å². The molecule has 4 nitrogen and oxygen atoms in total. The summed E-state index contributed by atoms with van der Waals surface area (Å²) in [5.74, 6) is 1.54. The summed E-state index contributed by atoms with van der Waals surface area (Å²) < 4.78 is 15.8. The van der Waals surface area contributed by atoms with E-state index < -0.39 is 5.60 Å². The minimum Gasteiger partial charge on any atom is -0.495 e. The summed E-state index contributed by atoms with van der Waals surface area (Å²) in [6, 6.07) is 1.75. The number of ether oxygens (including phenoxy) is 3. The third-order valence-corrected chi connectivity index (χ3v) is 3.33. The van der Waals surface area contributed by atoms with Crippen molar-refractivity contribution in [3.05, 3.63) is 16.7 Å². The van der Waals surface area contributed by atoms with Crippen LogP contribution in [0.25, 0.3) is 0 Å². The van der Waals surface area contributed by atoms with Crippen LogP contribution in [0.1, 0.15) is 18.4 Å². The molecule has 0 radical (unpaired) electrons. The molecule has 2 aliphatic rings.